The summed E-state index contributed by atoms with van der Waals surface area (Å²) in [5.74, 6) is -1.91. The number of aliphatic carboxylic acids is 1. The molecular formula is C12H15NO6S. The monoisotopic (exact) mass is 301 g/mol. The Morgan fingerprint density at radius 3 is 2.65 bits per heavy atom. The molecule has 0 aliphatic carbocycles. The van der Waals surface area contributed by atoms with Crippen LogP contribution in [0.3, 0.4) is 0 Å². The standard InChI is InChI=1S/C12H15NO6S/c1-18-8-5-6-20-10(8)11(15)13-7(12(16)17)3-4-9(14)19-2/h5-7H,3-4H2,1-2H3,(H,13,15)(H,16,17)/t7-/m1/s1. The molecule has 110 valence electrons. The van der Waals surface area contributed by atoms with E-state index in [1.165, 1.54) is 14.2 Å². The smallest absolute Gasteiger partial charge is 0.326 e. The molecule has 0 radical (unpaired) electrons. The maximum Gasteiger partial charge on any atom is 0.326 e. The molecule has 20 heavy (non-hydrogen) atoms. The molecule has 0 aliphatic rings. The minimum absolute atomic E-state index is 0.0402. The van der Waals surface area contributed by atoms with Gasteiger partial charge < -0.3 is 19.9 Å². The molecule has 0 saturated carbocycles. The largest absolute Gasteiger partial charge is 0.495 e. The van der Waals surface area contributed by atoms with E-state index in [-0.39, 0.29) is 17.7 Å². The molecule has 0 fully saturated rings. The van der Waals surface area contributed by atoms with Crippen LogP contribution in [0.2, 0.25) is 0 Å². The Balaban J connectivity index is 2.68. The molecule has 7 nitrogen and oxygen atoms in total. The average molecular weight is 301 g/mol. The summed E-state index contributed by atoms with van der Waals surface area (Å²) in [6.45, 7) is 0. The number of amides is 1. The van der Waals surface area contributed by atoms with Gasteiger partial charge in [0.1, 0.15) is 16.7 Å². The van der Waals surface area contributed by atoms with Crippen LogP contribution >= 0.6 is 11.3 Å². The van der Waals surface area contributed by atoms with Crippen molar-refractivity contribution in [3.8, 4) is 5.75 Å². The summed E-state index contributed by atoms with van der Waals surface area (Å²) in [5, 5.41) is 13.1. The lowest BCUT2D eigenvalue weighted by atomic mass is 10.1. The number of carboxylic acid groups (broad SMARTS) is 1. The van der Waals surface area contributed by atoms with Crippen LogP contribution in [0.4, 0.5) is 0 Å². The molecule has 0 aromatic carbocycles. The number of carboxylic acids is 1. The molecule has 0 aliphatic heterocycles. The van der Waals surface area contributed by atoms with E-state index in [4.69, 9.17) is 9.84 Å². The average Bonchev–Trinajstić information content (AvgIpc) is 2.90. The van der Waals surface area contributed by atoms with Gasteiger partial charge in [0.2, 0.25) is 0 Å². The fourth-order valence-corrected chi connectivity index (χ4v) is 2.23. The zero-order chi connectivity index (χ0) is 15.1. The zero-order valence-electron chi connectivity index (χ0n) is 11.0. The highest BCUT2D eigenvalue weighted by Gasteiger charge is 2.24. The van der Waals surface area contributed by atoms with Gasteiger partial charge in [0.25, 0.3) is 5.91 Å². The molecule has 0 saturated heterocycles. The van der Waals surface area contributed by atoms with Crippen LogP contribution < -0.4 is 10.1 Å². The molecule has 1 aromatic rings. The number of nitrogens with one attached hydrogen (secondary N) is 1. The van der Waals surface area contributed by atoms with Crippen molar-refractivity contribution >= 4 is 29.2 Å². The fraction of sp³-hybridized carbons (Fsp3) is 0.417. The van der Waals surface area contributed by atoms with Crippen LogP contribution in [0.5, 0.6) is 5.75 Å². The molecule has 2 N–H and O–H groups in total. The molecule has 0 spiro atoms. The Kier molecular flexibility index (Phi) is 5.98. The van der Waals surface area contributed by atoms with E-state index >= 15 is 0 Å². The van der Waals surface area contributed by atoms with Crippen LogP contribution in [0.1, 0.15) is 22.5 Å². The first-order valence-electron chi connectivity index (χ1n) is 5.71. The van der Waals surface area contributed by atoms with Gasteiger partial charge in [-0.3, -0.25) is 9.59 Å². The van der Waals surface area contributed by atoms with Gasteiger partial charge in [-0.2, -0.15) is 0 Å². The summed E-state index contributed by atoms with van der Waals surface area (Å²) in [7, 11) is 2.64. The first-order valence-corrected chi connectivity index (χ1v) is 6.59. The van der Waals surface area contributed by atoms with Crippen molar-refractivity contribution < 1.29 is 29.0 Å². The van der Waals surface area contributed by atoms with E-state index in [2.05, 4.69) is 10.1 Å². The molecule has 1 aromatic heterocycles. The fourth-order valence-electron chi connectivity index (χ4n) is 1.47. The van der Waals surface area contributed by atoms with Crippen LogP contribution in [-0.2, 0) is 14.3 Å². The number of hydrogen-bond donors (Lipinski definition) is 2. The number of ether oxygens (including phenoxy) is 2. The van der Waals surface area contributed by atoms with Gasteiger partial charge in [-0.15, -0.1) is 11.3 Å². The Morgan fingerprint density at radius 1 is 1.40 bits per heavy atom. The molecule has 1 heterocycles. The Morgan fingerprint density at radius 2 is 2.10 bits per heavy atom. The predicted octanol–water partition coefficient (Wildman–Crippen LogP) is 0.893. The van der Waals surface area contributed by atoms with Crippen molar-refractivity contribution in [1.82, 2.24) is 5.32 Å². The second-order valence-electron chi connectivity index (χ2n) is 3.80. The van der Waals surface area contributed by atoms with Crippen molar-refractivity contribution in [2.24, 2.45) is 0 Å². The minimum Gasteiger partial charge on any atom is -0.495 e. The first kappa shape index (κ1) is 16.0. The van der Waals surface area contributed by atoms with Crippen molar-refractivity contribution in [3.63, 3.8) is 0 Å². The molecule has 1 amide bonds. The third-order valence-corrected chi connectivity index (χ3v) is 3.42. The Bertz CT molecular complexity index is 498. The molecule has 0 unspecified atom stereocenters. The lowest BCUT2D eigenvalue weighted by Crippen LogP contribution is -2.41. The van der Waals surface area contributed by atoms with Gasteiger partial charge in [0, 0.05) is 6.42 Å². The molecule has 1 atom stereocenters. The van der Waals surface area contributed by atoms with Crippen molar-refractivity contribution in [2.75, 3.05) is 14.2 Å². The van der Waals surface area contributed by atoms with Gasteiger partial charge in [-0.1, -0.05) is 0 Å². The van der Waals surface area contributed by atoms with E-state index in [0.29, 0.717) is 5.75 Å². The number of carbonyl (C=O) groups is 3. The van der Waals surface area contributed by atoms with Gasteiger partial charge in [0.15, 0.2) is 0 Å². The summed E-state index contributed by atoms with van der Waals surface area (Å²) in [6, 6.07) is 0.456. The first-order chi connectivity index (χ1) is 9.49. The van der Waals surface area contributed by atoms with Crippen LogP contribution in [0, 0.1) is 0 Å². The van der Waals surface area contributed by atoms with Gasteiger partial charge >= 0.3 is 11.9 Å². The third-order valence-electron chi connectivity index (χ3n) is 2.52. The molecule has 8 heteroatoms. The number of hydrogen-bond acceptors (Lipinski definition) is 6. The summed E-state index contributed by atoms with van der Waals surface area (Å²) in [4.78, 5) is 34.3. The van der Waals surface area contributed by atoms with E-state index in [1.54, 1.807) is 11.4 Å². The number of methoxy groups -OCH3 is 2. The lowest BCUT2D eigenvalue weighted by molar-refractivity contribution is -0.142. The van der Waals surface area contributed by atoms with E-state index < -0.39 is 23.9 Å². The number of carbonyl (C=O) groups excluding carboxylic acids is 2. The quantitative estimate of drug-likeness (QED) is 0.725. The highest BCUT2D eigenvalue weighted by atomic mass is 32.1. The van der Waals surface area contributed by atoms with E-state index in [1.807, 2.05) is 0 Å². The number of rotatable bonds is 7. The summed E-state index contributed by atoms with van der Waals surface area (Å²) >= 11 is 1.14. The maximum absolute atomic E-state index is 12.0. The lowest BCUT2D eigenvalue weighted by Gasteiger charge is -2.13. The summed E-state index contributed by atoms with van der Waals surface area (Å²) in [6.07, 6.45) is -0.128. The number of esters is 1. The Hall–Kier alpha value is -2.09. The van der Waals surface area contributed by atoms with E-state index in [9.17, 15) is 14.4 Å². The molecular weight excluding hydrogens is 286 g/mol. The zero-order valence-corrected chi connectivity index (χ0v) is 11.9. The summed E-state index contributed by atoms with van der Waals surface area (Å²) in [5.41, 5.74) is 0. The van der Waals surface area contributed by atoms with Crippen molar-refractivity contribution in [2.45, 2.75) is 18.9 Å². The van der Waals surface area contributed by atoms with Crippen molar-refractivity contribution in [3.05, 3.63) is 16.3 Å². The highest BCUT2D eigenvalue weighted by Crippen LogP contribution is 2.24. The second-order valence-corrected chi connectivity index (χ2v) is 4.71. The minimum atomic E-state index is -1.21. The molecule has 0 bridgehead atoms. The normalized spacial score (nSPS) is 11.5. The number of thiophene rings is 1. The second kappa shape index (κ2) is 7.49. The third kappa shape index (κ3) is 4.23. The van der Waals surface area contributed by atoms with Crippen LogP contribution in [0.25, 0.3) is 0 Å². The summed E-state index contributed by atoms with van der Waals surface area (Å²) < 4.78 is 9.42. The van der Waals surface area contributed by atoms with Gasteiger partial charge in [-0.25, -0.2) is 4.79 Å². The van der Waals surface area contributed by atoms with E-state index in [0.717, 1.165) is 11.3 Å². The topological polar surface area (TPSA) is 102 Å². The highest BCUT2D eigenvalue weighted by molar-refractivity contribution is 7.12. The van der Waals surface area contributed by atoms with Gasteiger partial charge in [0.05, 0.1) is 14.2 Å². The van der Waals surface area contributed by atoms with Crippen LogP contribution in [-0.4, -0.2) is 43.2 Å². The van der Waals surface area contributed by atoms with Crippen molar-refractivity contribution in [1.29, 1.82) is 0 Å². The maximum atomic E-state index is 12.0. The van der Waals surface area contributed by atoms with Crippen LogP contribution in [0.15, 0.2) is 11.4 Å². The Labute approximate surface area is 119 Å². The molecule has 1 rings (SSSR count). The SMILES string of the molecule is COC(=O)CC[C@@H](NC(=O)c1sccc1OC)C(=O)O. The van der Waals surface area contributed by atoms with Gasteiger partial charge in [-0.05, 0) is 17.9 Å². The predicted molar refractivity (Wildman–Crippen MR) is 71.0 cm³/mol.